The number of anilines is 1. The molecule has 1 N–H and O–H groups in total. The highest BCUT2D eigenvalue weighted by atomic mass is 16.2. The Bertz CT molecular complexity index is 770. The molecule has 1 aliphatic rings. The van der Waals surface area contributed by atoms with Crippen LogP contribution in [0.2, 0.25) is 0 Å². The predicted molar refractivity (Wildman–Crippen MR) is 95.0 cm³/mol. The van der Waals surface area contributed by atoms with Gasteiger partial charge in [0.25, 0.3) is 0 Å². The van der Waals surface area contributed by atoms with Crippen LogP contribution >= 0.6 is 0 Å². The molecule has 0 unspecified atom stereocenters. The molecule has 4 heteroatoms. The van der Waals surface area contributed by atoms with E-state index in [0.29, 0.717) is 13.0 Å². The summed E-state index contributed by atoms with van der Waals surface area (Å²) in [7, 11) is 0. The van der Waals surface area contributed by atoms with Gasteiger partial charge in [0, 0.05) is 25.6 Å². The number of nitrogens with one attached hydrogen (secondary N) is 1. The number of para-hydroxylation sites is 1. The highest BCUT2D eigenvalue weighted by Gasteiger charge is 2.36. The van der Waals surface area contributed by atoms with Crippen molar-refractivity contribution >= 4 is 17.5 Å². The van der Waals surface area contributed by atoms with Gasteiger partial charge in [-0.05, 0) is 36.1 Å². The minimum atomic E-state index is -0.447. The number of carbonyl (C=O) groups is 2. The van der Waals surface area contributed by atoms with Crippen LogP contribution in [0.1, 0.15) is 23.6 Å². The molecule has 0 aromatic heterocycles. The lowest BCUT2D eigenvalue weighted by Gasteiger charge is -2.23. The normalized spacial score (nSPS) is 15.9. The van der Waals surface area contributed by atoms with Gasteiger partial charge in [-0.1, -0.05) is 42.5 Å². The number of hydrogen-bond acceptors (Lipinski definition) is 2. The van der Waals surface area contributed by atoms with E-state index in [1.165, 1.54) is 18.1 Å². The summed E-state index contributed by atoms with van der Waals surface area (Å²) in [6.45, 7) is 4.15. The minimum absolute atomic E-state index is 0.0880. The van der Waals surface area contributed by atoms with Crippen molar-refractivity contribution in [3.8, 4) is 0 Å². The number of fused-ring (bicyclic) bond motifs is 1. The lowest BCUT2D eigenvalue weighted by molar-refractivity contribution is -0.125. The number of nitrogens with zero attached hydrogens (tertiary/aromatic N) is 1. The summed E-state index contributed by atoms with van der Waals surface area (Å²) in [5.74, 6) is -0.186. The number of rotatable bonds is 4. The molecule has 0 saturated heterocycles. The number of carbonyl (C=O) groups excluding carboxylic acids is 2. The molecular formula is C20H22N2O2. The van der Waals surface area contributed by atoms with Gasteiger partial charge in [0.2, 0.25) is 11.8 Å². The lowest BCUT2D eigenvalue weighted by atomic mass is 10.1. The average Bonchev–Trinajstić information content (AvgIpc) is 2.96. The molecule has 0 spiro atoms. The fourth-order valence-corrected chi connectivity index (χ4v) is 3.31. The summed E-state index contributed by atoms with van der Waals surface area (Å²) in [5.41, 5.74) is 4.36. The Morgan fingerprint density at radius 3 is 2.58 bits per heavy atom. The number of amides is 2. The Balaban J connectivity index is 1.65. The van der Waals surface area contributed by atoms with Crippen molar-refractivity contribution in [1.29, 1.82) is 0 Å². The Morgan fingerprint density at radius 1 is 1.12 bits per heavy atom. The molecule has 0 fully saturated rings. The zero-order valence-electron chi connectivity index (χ0n) is 14.1. The molecule has 0 aliphatic carbocycles. The van der Waals surface area contributed by atoms with Crippen molar-refractivity contribution in [2.75, 3.05) is 11.4 Å². The van der Waals surface area contributed by atoms with Gasteiger partial charge in [0.15, 0.2) is 0 Å². The molecule has 24 heavy (non-hydrogen) atoms. The second kappa shape index (κ2) is 6.87. The lowest BCUT2D eigenvalue weighted by Crippen LogP contribution is -2.47. The fourth-order valence-electron chi connectivity index (χ4n) is 3.31. The van der Waals surface area contributed by atoms with Gasteiger partial charge < -0.3 is 5.32 Å². The van der Waals surface area contributed by atoms with Gasteiger partial charge in [-0.25, -0.2) is 0 Å². The first-order valence-corrected chi connectivity index (χ1v) is 8.28. The Hall–Kier alpha value is -2.62. The molecule has 124 valence electrons. The van der Waals surface area contributed by atoms with Gasteiger partial charge in [-0.3, -0.25) is 14.5 Å². The zero-order chi connectivity index (χ0) is 17.1. The highest BCUT2D eigenvalue weighted by molar-refractivity contribution is 6.02. The van der Waals surface area contributed by atoms with E-state index < -0.39 is 6.04 Å². The molecule has 4 nitrogen and oxygen atoms in total. The quantitative estimate of drug-likeness (QED) is 0.941. The van der Waals surface area contributed by atoms with E-state index in [1.807, 2.05) is 36.4 Å². The fraction of sp³-hybridized carbons (Fsp3) is 0.300. The van der Waals surface area contributed by atoms with Crippen LogP contribution in [0.15, 0.2) is 48.5 Å². The second-order valence-electron chi connectivity index (χ2n) is 6.21. The summed E-state index contributed by atoms with van der Waals surface area (Å²) >= 11 is 0. The van der Waals surface area contributed by atoms with Crippen molar-refractivity contribution in [2.24, 2.45) is 0 Å². The smallest absolute Gasteiger partial charge is 0.243 e. The third-order valence-electron chi connectivity index (χ3n) is 4.57. The van der Waals surface area contributed by atoms with Crippen LogP contribution < -0.4 is 10.2 Å². The summed E-state index contributed by atoms with van der Waals surface area (Å²) in [4.78, 5) is 26.2. The number of aryl methyl sites for hydroxylation is 1. The topological polar surface area (TPSA) is 49.4 Å². The molecule has 1 heterocycles. The molecule has 1 aliphatic heterocycles. The van der Waals surface area contributed by atoms with Crippen LogP contribution in [0.4, 0.5) is 5.69 Å². The second-order valence-corrected chi connectivity index (χ2v) is 6.21. The van der Waals surface area contributed by atoms with Gasteiger partial charge in [0.1, 0.15) is 6.04 Å². The van der Waals surface area contributed by atoms with Gasteiger partial charge in [-0.15, -0.1) is 0 Å². The maximum absolute atomic E-state index is 12.6. The summed E-state index contributed by atoms with van der Waals surface area (Å²) in [5, 5.41) is 2.99. The van der Waals surface area contributed by atoms with Crippen LogP contribution in [0.25, 0.3) is 0 Å². The van der Waals surface area contributed by atoms with Crippen LogP contribution in [-0.2, 0) is 22.4 Å². The van der Waals surface area contributed by atoms with Crippen molar-refractivity contribution in [2.45, 2.75) is 32.7 Å². The van der Waals surface area contributed by atoms with Crippen LogP contribution in [0, 0.1) is 6.92 Å². The molecule has 3 rings (SSSR count). The van der Waals surface area contributed by atoms with Crippen LogP contribution in [0.5, 0.6) is 0 Å². The first-order chi connectivity index (χ1) is 11.6. The largest absolute Gasteiger partial charge is 0.354 e. The standard InChI is InChI=1S/C20H22N2O2/c1-14-7-3-4-8-16(14)11-12-21-20(24)19-13-17-9-5-6-10-18(17)22(19)15(2)23/h3-10,19H,11-13H2,1-2H3,(H,21,24)/t19-/m1/s1. The SMILES string of the molecule is CC(=O)N1c2ccccc2C[C@@H]1C(=O)NCCc1ccccc1C. The van der Waals surface area contributed by atoms with Gasteiger partial charge in [-0.2, -0.15) is 0 Å². The first kappa shape index (κ1) is 16.2. The Labute approximate surface area is 142 Å². The third kappa shape index (κ3) is 3.18. The molecular weight excluding hydrogens is 300 g/mol. The maximum atomic E-state index is 12.6. The number of hydrogen-bond donors (Lipinski definition) is 1. The monoisotopic (exact) mass is 322 g/mol. The molecule has 2 amide bonds. The van der Waals surface area contributed by atoms with Gasteiger partial charge in [0.05, 0.1) is 0 Å². The number of benzene rings is 2. The molecule has 1 atom stereocenters. The van der Waals surface area contributed by atoms with E-state index in [9.17, 15) is 9.59 Å². The van der Waals surface area contributed by atoms with Crippen molar-refractivity contribution < 1.29 is 9.59 Å². The average molecular weight is 322 g/mol. The molecule has 2 aromatic carbocycles. The first-order valence-electron chi connectivity index (χ1n) is 8.28. The van der Waals surface area contributed by atoms with E-state index in [4.69, 9.17) is 0 Å². The predicted octanol–water partition coefficient (Wildman–Crippen LogP) is 2.63. The summed E-state index contributed by atoms with van der Waals surface area (Å²) in [6, 6.07) is 15.4. The Kier molecular flexibility index (Phi) is 4.65. The molecule has 0 radical (unpaired) electrons. The summed E-state index contributed by atoms with van der Waals surface area (Å²) < 4.78 is 0. The van der Waals surface area contributed by atoms with Crippen molar-refractivity contribution in [1.82, 2.24) is 5.32 Å². The third-order valence-corrected chi connectivity index (χ3v) is 4.57. The molecule has 0 bridgehead atoms. The van der Waals surface area contributed by atoms with E-state index in [1.54, 1.807) is 4.90 Å². The van der Waals surface area contributed by atoms with E-state index in [0.717, 1.165) is 17.7 Å². The van der Waals surface area contributed by atoms with E-state index in [-0.39, 0.29) is 11.8 Å². The maximum Gasteiger partial charge on any atom is 0.243 e. The zero-order valence-corrected chi connectivity index (χ0v) is 14.1. The Morgan fingerprint density at radius 2 is 1.83 bits per heavy atom. The summed E-state index contributed by atoms with van der Waals surface area (Å²) in [6.07, 6.45) is 1.37. The van der Waals surface area contributed by atoms with Crippen molar-refractivity contribution in [3.63, 3.8) is 0 Å². The highest BCUT2D eigenvalue weighted by Crippen LogP contribution is 2.32. The van der Waals surface area contributed by atoms with Crippen molar-refractivity contribution in [3.05, 3.63) is 65.2 Å². The molecule has 2 aromatic rings. The van der Waals surface area contributed by atoms with E-state index >= 15 is 0 Å². The van der Waals surface area contributed by atoms with Gasteiger partial charge >= 0.3 is 0 Å². The van der Waals surface area contributed by atoms with Crippen LogP contribution in [0.3, 0.4) is 0 Å². The van der Waals surface area contributed by atoms with E-state index in [2.05, 4.69) is 24.4 Å². The van der Waals surface area contributed by atoms with Crippen LogP contribution in [-0.4, -0.2) is 24.4 Å². The molecule has 0 saturated carbocycles. The minimum Gasteiger partial charge on any atom is -0.354 e.